The SMILES string of the molecule is CCCCN(c1nc(NC)nc2sc(C)cc12)C1CC1. The zero-order chi connectivity index (χ0) is 14.1. The average molecular weight is 290 g/mol. The Kier molecular flexibility index (Phi) is 3.78. The standard InChI is InChI=1S/C15H22N4S/c1-4-5-8-19(11-6-7-11)13-12-9-10(2)20-14(12)18-15(16-3)17-13/h9,11H,4-8H2,1-3H3,(H,16,17,18). The molecule has 4 nitrogen and oxygen atoms in total. The third kappa shape index (κ3) is 2.59. The van der Waals surface area contributed by atoms with Gasteiger partial charge in [0.25, 0.3) is 0 Å². The summed E-state index contributed by atoms with van der Waals surface area (Å²) in [6, 6.07) is 2.92. The first-order valence-electron chi connectivity index (χ1n) is 7.45. The fourth-order valence-corrected chi connectivity index (χ4v) is 3.41. The molecule has 2 heterocycles. The molecule has 3 rings (SSSR count). The van der Waals surface area contributed by atoms with Crippen LogP contribution in [0.5, 0.6) is 0 Å². The van der Waals surface area contributed by atoms with Crippen LogP contribution in [0, 0.1) is 6.92 Å². The molecule has 1 aliphatic carbocycles. The van der Waals surface area contributed by atoms with Gasteiger partial charge in [-0.2, -0.15) is 4.98 Å². The smallest absolute Gasteiger partial charge is 0.225 e. The monoisotopic (exact) mass is 290 g/mol. The zero-order valence-corrected chi connectivity index (χ0v) is 13.3. The van der Waals surface area contributed by atoms with E-state index in [-0.39, 0.29) is 0 Å². The number of hydrogen-bond acceptors (Lipinski definition) is 5. The van der Waals surface area contributed by atoms with Crippen molar-refractivity contribution in [1.29, 1.82) is 0 Å². The van der Waals surface area contributed by atoms with Gasteiger partial charge in [-0.3, -0.25) is 0 Å². The minimum absolute atomic E-state index is 0.685. The predicted octanol–water partition coefficient (Wildman–Crippen LogP) is 3.81. The minimum Gasteiger partial charge on any atom is -0.357 e. The Hall–Kier alpha value is -1.36. The van der Waals surface area contributed by atoms with Gasteiger partial charge in [-0.15, -0.1) is 11.3 Å². The normalized spacial score (nSPS) is 14.8. The molecule has 0 bridgehead atoms. The Bertz CT molecular complexity index is 603. The lowest BCUT2D eigenvalue weighted by Crippen LogP contribution is -2.28. The highest BCUT2D eigenvalue weighted by Gasteiger charge is 2.31. The molecule has 1 N–H and O–H groups in total. The van der Waals surface area contributed by atoms with E-state index in [9.17, 15) is 0 Å². The highest BCUT2D eigenvalue weighted by Crippen LogP contribution is 2.37. The Morgan fingerprint density at radius 3 is 2.85 bits per heavy atom. The first-order valence-corrected chi connectivity index (χ1v) is 8.27. The van der Waals surface area contributed by atoms with Gasteiger partial charge in [0.15, 0.2) is 0 Å². The van der Waals surface area contributed by atoms with Crippen molar-refractivity contribution in [2.24, 2.45) is 0 Å². The van der Waals surface area contributed by atoms with E-state index in [0.29, 0.717) is 6.04 Å². The Morgan fingerprint density at radius 1 is 1.40 bits per heavy atom. The number of anilines is 2. The van der Waals surface area contributed by atoms with Crippen LogP contribution in [-0.2, 0) is 0 Å². The molecule has 0 aliphatic heterocycles. The van der Waals surface area contributed by atoms with Gasteiger partial charge in [-0.05, 0) is 32.3 Å². The summed E-state index contributed by atoms with van der Waals surface area (Å²) >= 11 is 1.75. The summed E-state index contributed by atoms with van der Waals surface area (Å²) in [5.41, 5.74) is 0. The lowest BCUT2D eigenvalue weighted by molar-refractivity contribution is 0.707. The van der Waals surface area contributed by atoms with Crippen LogP contribution in [-0.4, -0.2) is 29.6 Å². The number of unbranched alkanes of at least 4 members (excludes halogenated alkanes) is 1. The third-order valence-electron chi connectivity index (χ3n) is 3.73. The number of nitrogens with zero attached hydrogens (tertiary/aromatic N) is 3. The molecule has 2 aromatic rings. The summed E-state index contributed by atoms with van der Waals surface area (Å²) < 4.78 is 0. The summed E-state index contributed by atoms with van der Waals surface area (Å²) in [5, 5.41) is 4.31. The number of hydrogen-bond donors (Lipinski definition) is 1. The number of thiophene rings is 1. The second-order valence-electron chi connectivity index (χ2n) is 5.47. The van der Waals surface area contributed by atoms with E-state index in [1.54, 1.807) is 11.3 Å². The van der Waals surface area contributed by atoms with Gasteiger partial charge in [0.1, 0.15) is 10.6 Å². The second-order valence-corrected chi connectivity index (χ2v) is 6.71. The molecule has 0 saturated heterocycles. The number of aryl methyl sites for hydroxylation is 1. The van der Waals surface area contributed by atoms with Gasteiger partial charge >= 0.3 is 0 Å². The summed E-state index contributed by atoms with van der Waals surface area (Å²) in [6.07, 6.45) is 5.04. The molecule has 0 radical (unpaired) electrons. The van der Waals surface area contributed by atoms with E-state index in [1.807, 2.05) is 7.05 Å². The number of aromatic nitrogens is 2. The molecule has 0 spiro atoms. The van der Waals surface area contributed by atoms with E-state index in [4.69, 9.17) is 4.98 Å². The molecule has 0 amide bonds. The maximum absolute atomic E-state index is 4.76. The van der Waals surface area contributed by atoms with Crippen molar-refractivity contribution in [3.63, 3.8) is 0 Å². The highest BCUT2D eigenvalue weighted by atomic mass is 32.1. The molecule has 0 unspecified atom stereocenters. The summed E-state index contributed by atoms with van der Waals surface area (Å²) in [4.78, 5) is 14.2. The molecular formula is C15H22N4S. The molecule has 2 aromatic heterocycles. The molecular weight excluding hydrogens is 268 g/mol. The minimum atomic E-state index is 0.685. The van der Waals surface area contributed by atoms with Crippen LogP contribution >= 0.6 is 11.3 Å². The number of fused-ring (bicyclic) bond motifs is 1. The molecule has 20 heavy (non-hydrogen) atoms. The fourth-order valence-electron chi connectivity index (χ4n) is 2.53. The van der Waals surface area contributed by atoms with Crippen molar-refractivity contribution in [3.05, 3.63) is 10.9 Å². The maximum atomic E-state index is 4.76. The first-order chi connectivity index (χ1) is 9.72. The lowest BCUT2D eigenvalue weighted by Gasteiger charge is -2.24. The van der Waals surface area contributed by atoms with Gasteiger partial charge < -0.3 is 10.2 Å². The molecule has 1 aliphatic rings. The van der Waals surface area contributed by atoms with Crippen LogP contribution in [0.4, 0.5) is 11.8 Å². The van der Waals surface area contributed by atoms with Crippen molar-refractivity contribution in [3.8, 4) is 0 Å². The van der Waals surface area contributed by atoms with Gasteiger partial charge in [-0.1, -0.05) is 13.3 Å². The second kappa shape index (κ2) is 5.56. The maximum Gasteiger partial charge on any atom is 0.225 e. The Labute approximate surface area is 124 Å². The van der Waals surface area contributed by atoms with Crippen LogP contribution in [0.2, 0.25) is 0 Å². The molecule has 108 valence electrons. The summed E-state index contributed by atoms with van der Waals surface area (Å²) in [6.45, 7) is 5.49. The lowest BCUT2D eigenvalue weighted by atomic mass is 10.2. The Balaban J connectivity index is 2.06. The van der Waals surface area contributed by atoms with E-state index in [2.05, 4.69) is 35.1 Å². The predicted molar refractivity (Wildman–Crippen MR) is 87.0 cm³/mol. The summed E-state index contributed by atoms with van der Waals surface area (Å²) in [5.74, 6) is 1.86. The van der Waals surface area contributed by atoms with Crippen molar-refractivity contribution in [1.82, 2.24) is 9.97 Å². The fraction of sp³-hybridized carbons (Fsp3) is 0.600. The molecule has 1 saturated carbocycles. The van der Waals surface area contributed by atoms with E-state index in [0.717, 1.165) is 23.1 Å². The van der Waals surface area contributed by atoms with E-state index >= 15 is 0 Å². The largest absolute Gasteiger partial charge is 0.357 e. The molecule has 5 heteroatoms. The van der Waals surface area contributed by atoms with Crippen LogP contribution in [0.1, 0.15) is 37.5 Å². The topological polar surface area (TPSA) is 41.1 Å². The van der Waals surface area contributed by atoms with E-state index in [1.165, 1.54) is 35.9 Å². The Morgan fingerprint density at radius 2 is 2.20 bits per heavy atom. The van der Waals surface area contributed by atoms with Gasteiger partial charge in [-0.25, -0.2) is 4.98 Å². The zero-order valence-electron chi connectivity index (χ0n) is 12.4. The molecule has 0 aromatic carbocycles. The third-order valence-corrected chi connectivity index (χ3v) is 4.68. The average Bonchev–Trinajstić information content (AvgIpc) is 3.20. The van der Waals surface area contributed by atoms with Crippen molar-refractivity contribution in [2.75, 3.05) is 23.8 Å². The molecule has 0 atom stereocenters. The van der Waals surface area contributed by atoms with E-state index < -0.39 is 0 Å². The highest BCUT2D eigenvalue weighted by molar-refractivity contribution is 7.18. The van der Waals surface area contributed by atoms with Crippen LogP contribution < -0.4 is 10.2 Å². The molecule has 1 fully saturated rings. The van der Waals surface area contributed by atoms with Crippen LogP contribution in [0.25, 0.3) is 10.2 Å². The van der Waals surface area contributed by atoms with Crippen molar-refractivity contribution in [2.45, 2.75) is 45.6 Å². The number of rotatable bonds is 6. The van der Waals surface area contributed by atoms with Gasteiger partial charge in [0.2, 0.25) is 5.95 Å². The summed E-state index contributed by atoms with van der Waals surface area (Å²) in [7, 11) is 1.89. The van der Waals surface area contributed by atoms with Crippen LogP contribution in [0.3, 0.4) is 0 Å². The van der Waals surface area contributed by atoms with Crippen molar-refractivity contribution < 1.29 is 0 Å². The number of nitrogens with one attached hydrogen (secondary N) is 1. The van der Waals surface area contributed by atoms with Gasteiger partial charge in [0, 0.05) is 24.5 Å². The van der Waals surface area contributed by atoms with Crippen molar-refractivity contribution >= 4 is 33.3 Å². The quantitative estimate of drug-likeness (QED) is 0.878. The van der Waals surface area contributed by atoms with Crippen LogP contribution in [0.15, 0.2) is 6.07 Å². The first kappa shape index (κ1) is 13.6. The van der Waals surface area contributed by atoms with Gasteiger partial charge in [0.05, 0.1) is 5.39 Å².